The molecule has 0 saturated carbocycles. The van der Waals surface area contributed by atoms with Crippen LogP contribution in [0.25, 0.3) is 22.1 Å². The number of nitrogen functional groups attached to an aromatic ring is 1. The Morgan fingerprint density at radius 1 is 0.974 bits per heavy atom. The molecule has 1 fully saturated rings. The largest absolute Gasteiger partial charge is 0.493 e. The van der Waals surface area contributed by atoms with Crippen LogP contribution in [-0.4, -0.2) is 33.1 Å². The molecule has 192 valence electrons. The van der Waals surface area contributed by atoms with Crippen LogP contribution in [0.2, 0.25) is 0 Å². The number of anilines is 1. The standard InChI is InChI=1S/C30H29FN6O/c31-20-7-10-29(22(17-20)25-4-1-12-33-25)38-15-11-19(24-8-9-26-27(37-24)5-2-13-34-26)16-21-18-23(32)30-28(36-21)6-3-14-35-30/h2-3,5-10,13-14,17-19,25,33H,1,4,11-12,15-16H2,(H2,32,36)/t19-,25+/m0/s1. The lowest BCUT2D eigenvalue weighted by molar-refractivity contribution is 0.290. The summed E-state index contributed by atoms with van der Waals surface area (Å²) in [5.74, 6) is 0.496. The quantitative estimate of drug-likeness (QED) is 0.285. The molecule has 1 saturated heterocycles. The first-order valence-corrected chi connectivity index (χ1v) is 13.0. The summed E-state index contributed by atoms with van der Waals surface area (Å²) in [6, 6.07) is 18.5. The van der Waals surface area contributed by atoms with E-state index in [4.69, 9.17) is 20.4 Å². The summed E-state index contributed by atoms with van der Waals surface area (Å²) in [6.45, 7) is 1.38. The third kappa shape index (κ3) is 5.13. The summed E-state index contributed by atoms with van der Waals surface area (Å²) in [6.07, 6.45) is 6.87. The van der Waals surface area contributed by atoms with Gasteiger partial charge in [0.2, 0.25) is 0 Å². The highest BCUT2D eigenvalue weighted by Crippen LogP contribution is 2.33. The number of benzene rings is 1. The van der Waals surface area contributed by atoms with Crippen LogP contribution in [0.15, 0.2) is 73.1 Å². The first-order valence-electron chi connectivity index (χ1n) is 13.0. The van der Waals surface area contributed by atoms with Gasteiger partial charge < -0.3 is 15.8 Å². The van der Waals surface area contributed by atoms with Gasteiger partial charge in [-0.25, -0.2) is 4.39 Å². The molecule has 0 amide bonds. The zero-order valence-corrected chi connectivity index (χ0v) is 21.0. The molecule has 0 unspecified atom stereocenters. The first-order chi connectivity index (χ1) is 18.6. The van der Waals surface area contributed by atoms with Crippen LogP contribution in [0, 0.1) is 5.82 Å². The van der Waals surface area contributed by atoms with Gasteiger partial charge in [-0.1, -0.05) is 0 Å². The predicted molar refractivity (Wildman–Crippen MR) is 146 cm³/mol. The number of rotatable bonds is 8. The number of hydrogen-bond acceptors (Lipinski definition) is 7. The third-order valence-electron chi connectivity index (χ3n) is 7.13. The normalized spacial score (nSPS) is 16.2. The number of aromatic nitrogens is 4. The third-order valence-corrected chi connectivity index (χ3v) is 7.13. The van der Waals surface area contributed by atoms with Gasteiger partial charge in [0.1, 0.15) is 17.1 Å². The van der Waals surface area contributed by atoms with E-state index in [0.29, 0.717) is 30.7 Å². The average molecular weight is 509 g/mol. The summed E-state index contributed by atoms with van der Waals surface area (Å²) >= 11 is 0. The molecule has 1 aliphatic heterocycles. The molecular weight excluding hydrogens is 479 g/mol. The van der Waals surface area contributed by atoms with E-state index in [-0.39, 0.29) is 17.8 Å². The molecule has 0 bridgehead atoms. The van der Waals surface area contributed by atoms with Crippen LogP contribution in [0.3, 0.4) is 0 Å². The van der Waals surface area contributed by atoms with E-state index in [2.05, 4.69) is 15.3 Å². The SMILES string of the molecule is Nc1cc(C[C@H](CCOc2ccc(F)cc2[C@H]2CCCN2)c2ccc3ncccc3n2)nc2cccnc12. The van der Waals surface area contributed by atoms with Gasteiger partial charge in [0.25, 0.3) is 0 Å². The molecule has 0 spiro atoms. The molecule has 0 aliphatic carbocycles. The second kappa shape index (κ2) is 10.7. The molecule has 5 aromatic rings. The highest BCUT2D eigenvalue weighted by Gasteiger charge is 2.22. The van der Waals surface area contributed by atoms with Gasteiger partial charge in [-0.3, -0.25) is 19.9 Å². The van der Waals surface area contributed by atoms with Gasteiger partial charge in [0.15, 0.2) is 0 Å². The van der Waals surface area contributed by atoms with Crippen molar-refractivity contribution in [1.29, 1.82) is 0 Å². The van der Waals surface area contributed by atoms with Crippen LogP contribution in [-0.2, 0) is 6.42 Å². The number of nitrogens with two attached hydrogens (primary N) is 1. The summed E-state index contributed by atoms with van der Waals surface area (Å²) in [5.41, 5.74) is 12.8. The second-order valence-corrected chi connectivity index (χ2v) is 9.72. The number of hydrogen-bond donors (Lipinski definition) is 2. The molecule has 7 nitrogen and oxygen atoms in total. The summed E-state index contributed by atoms with van der Waals surface area (Å²) < 4.78 is 20.3. The number of nitrogens with zero attached hydrogens (tertiary/aromatic N) is 4. The van der Waals surface area contributed by atoms with Crippen molar-refractivity contribution >= 4 is 27.8 Å². The fourth-order valence-electron chi connectivity index (χ4n) is 5.24. The zero-order chi connectivity index (χ0) is 25.9. The number of halogens is 1. The molecule has 1 aliphatic rings. The van der Waals surface area contributed by atoms with Crippen LogP contribution in [0.5, 0.6) is 5.75 Å². The Labute approximate surface area is 220 Å². The lowest BCUT2D eigenvalue weighted by Gasteiger charge is -2.20. The summed E-state index contributed by atoms with van der Waals surface area (Å²) in [4.78, 5) is 18.5. The monoisotopic (exact) mass is 508 g/mol. The fourth-order valence-corrected chi connectivity index (χ4v) is 5.24. The molecule has 5 heterocycles. The Kier molecular flexibility index (Phi) is 6.79. The van der Waals surface area contributed by atoms with E-state index < -0.39 is 0 Å². The van der Waals surface area contributed by atoms with Crippen molar-refractivity contribution in [3.05, 3.63) is 95.8 Å². The van der Waals surface area contributed by atoms with Crippen LogP contribution in [0.4, 0.5) is 10.1 Å². The van der Waals surface area contributed by atoms with Crippen molar-refractivity contribution in [1.82, 2.24) is 25.3 Å². The van der Waals surface area contributed by atoms with E-state index in [1.807, 2.05) is 42.5 Å². The Morgan fingerprint density at radius 3 is 2.71 bits per heavy atom. The molecule has 8 heteroatoms. The van der Waals surface area contributed by atoms with Gasteiger partial charge >= 0.3 is 0 Å². The molecule has 4 aromatic heterocycles. The minimum Gasteiger partial charge on any atom is -0.493 e. The minimum absolute atomic E-state index is 0.0223. The molecule has 2 atom stereocenters. The maximum atomic E-state index is 14.1. The molecule has 0 radical (unpaired) electrons. The van der Waals surface area contributed by atoms with Crippen molar-refractivity contribution in [3.63, 3.8) is 0 Å². The van der Waals surface area contributed by atoms with Crippen molar-refractivity contribution in [2.24, 2.45) is 0 Å². The van der Waals surface area contributed by atoms with Crippen molar-refractivity contribution < 1.29 is 9.13 Å². The number of fused-ring (bicyclic) bond motifs is 2. The molecule has 6 rings (SSSR count). The highest BCUT2D eigenvalue weighted by atomic mass is 19.1. The van der Waals surface area contributed by atoms with E-state index in [9.17, 15) is 4.39 Å². The van der Waals surface area contributed by atoms with Gasteiger partial charge in [-0.15, -0.1) is 0 Å². The van der Waals surface area contributed by atoms with Gasteiger partial charge in [-0.2, -0.15) is 0 Å². The molecular formula is C30H29FN6O. The Balaban J connectivity index is 1.27. The van der Waals surface area contributed by atoms with Gasteiger partial charge in [-0.05, 0) is 92.9 Å². The van der Waals surface area contributed by atoms with Crippen molar-refractivity contribution in [3.8, 4) is 5.75 Å². The van der Waals surface area contributed by atoms with E-state index in [1.54, 1.807) is 24.5 Å². The summed E-state index contributed by atoms with van der Waals surface area (Å²) in [5, 5.41) is 3.45. The molecule has 38 heavy (non-hydrogen) atoms. The lowest BCUT2D eigenvalue weighted by Crippen LogP contribution is -2.16. The molecule has 1 aromatic carbocycles. The predicted octanol–water partition coefficient (Wildman–Crippen LogP) is 5.51. The highest BCUT2D eigenvalue weighted by molar-refractivity contribution is 5.86. The van der Waals surface area contributed by atoms with E-state index in [0.717, 1.165) is 58.6 Å². The number of ether oxygens (including phenoxy) is 1. The van der Waals surface area contributed by atoms with Gasteiger partial charge in [0, 0.05) is 41.3 Å². The Bertz CT molecular complexity index is 1590. The lowest BCUT2D eigenvalue weighted by atomic mass is 9.94. The van der Waals surface area contributed by atoms with E-state index >= 15 is 0 Å². The second-order valence-electron chi connectivity index (χ2n) is 9.72. The minimum atomic E-state index is -0.248. The zero-order valence-electron chi connectivity index (χ0n) is 21.0. The fraction of sp³-hybridized carbons (Fsp3) is 0.267. The van der Waals surface area contributed by atoms with Gasteiger partial charge in [0.05, 0.1) is 28.8 Å². The van der Waals surface area contributed by atoms with Crippen LogP contribution < -0.4 is 15.8 Å². The smallest absolute Gasteiger partial charge is 0.124 e. The molecule has 3 N–H and O–H groups in total. The Morgan fingerprint density at radius 2 is 1.84 bits per heavy atom. The van der Waals surface area contributed by atoms with Crippen molar-refractivity contribution in [2.45, 2.75) is 37.6 Å². The van der Waals surface area contributed by atoms with Crippen molar-refractivity contribution in [2.75, 3.05) is 18.9 Å². The first kappa shape index (κ1) is 24.2. The number of pyridine rings is 4. The van der Waals surface area contributed by atoms with Crippen LogP contribution in [0.1, 0.15) is 48.2 Å². The maximum absolute atomic E-state index is 14.1. The van der Waals surface area contributed by atoms with Crippen LogP contribution >= 0.6 is 0 Å². The van der Waals surface area contributed by atoms with E-state index in [1.165, 1.54) is 6.07 Å². The maximum Gasteiger partial charge on any atom is 0.124 e. The summed E-state index contributed by atoms with van der Waals surface area (Å²) in [7, 11) is 0. The average Bonchev–Trinajstić information content (AvgIpc) is 3.48. The number of nitrogens with one attached hydrogen (secondary N) is 1. The topological polar surface area (TPSA) is 98.8 Å². The Hall–Kier alpha value is -4.17.